The lowest BCUT2D eigenvalue weighted by atomic mass is 9.99. The Morgan fingerprint density at radius 3 is 1.71 bits per heavy atom. The van der Waals surface area contributed by atoms with Crippen LogP contribution in [0.4, 0.5) is 0 Å². The minimum absolute atomic E-state index is 0.769. The van der Waals surface area contributed by atoms with Gasteiger partial charge >= 0.3 is 17.9 Å². The Morgan fingerprint density at radius 2 is 1.43 bits per heavy atom. The van der Waals surface area contributed by atoms with Crippen LogP contribution in [0.3, 0.4) is 0 Å². The molecule has 0 aliphatic rings. The van der Waals surface area contributed by atoms with Crippen LogP contribution in [0.5, 0.6) is 0 Å². The normalized spacial score (nSPS) is 11.7. The zero-order valence-corrected chi connectivity index (χ0v) is 6.97. The Bertz CT molecular complexity index is 280. The molecule has 0 rings (SSSR count). The third-order valence-corrected chi connectivity index (χ3v) is 1.44. The fourth-order valence-corrected chi connectivity index (χ4v) is 0.769. The summed E-state index contributed by atoms with van der Waals surface area (Å²) in [6.45, 7) is 0. The van der Waals surface area contributed by atoms with Crippen LogP contribution < -0.4 is 0 Å². The first kappa shape index (κ1) is 12.1. The van der Waals surface area contributed by atoms with E-state index in [0.29, 0.717) is 0 Å². The molecule has 14 heavy (non-hydrogen) atoms. The van der Waals surface area contributed by atoms with Crippen molar-refractivity contribution in [2.45, 2.75) is 12.8 Å². The lowest BCUT2D eigenvalue weighted by molar-refractivity contribution is -0.153. The fourth-order valence-electron chi connectivity index (χ4n) is 0.769. The number of carbonyl (C=O) groups is 4. The van der Waals surface area contributed by atoms with Crippen LogP contribution in [0.2, 0.25) is 0 Å². The summed E-state index contributed by atoms with van der Waals surface area (Å²) >= 11 is 0. The predicted octanol–water partition coefficient (Wildman–Crippen LogP) is -0.794. The average Bonchev–Trinajstić information content (AvgIpc) is 2.01. The molecule has 0 aromatic rings. The molecule has 0 fully saturated rings. The molecule has 0 aromatic heterocycles. The first-order valence-electron chi connectivity index (χ1n) is 3.55. The number of hydrogen-bond acceptors (Lipinski definition) is 4. The van der Waals surface area contributed by atoms with E-state index >= 15 is 0 Å². The van der Waals surface area contributed by atoms with Gasteiger partial charge in [0.1, 0.15) is 0 Å². The van der Waals surface area contributed by atoms with E-state index in [4.69, 9.17) is 15.3 Å². The summed E-state index contributed by atoms with van der Waals surface area (Å²) in [6.07, 6.45) is -1.58. The molecule has 1 unspecified atom stereocenters. The molecule has 0 heterocycles. The maximum absolute atomic E-state index is 10.6. The van der Waals surface area contributed by atoms with Crippen LogP contribution in [-0.4, -0.2) is 39.0 Å². The van der Waals surface area contributed by atoms with Gasteiger partial charge in [0, 0.05) is 6.42 Å². The van der Waals surface area contributed by atoms with E-state index in [1.807, 2.05) is 0 Å². The maximum atomic E-state index is 10.6. The first-order valence-corrected chi connectivity index (χ1v) is 3.55. The highest BCUT2D eigenvalue weighted by atomic mass is 16.4. The van der Waals surface area contributed by atoms with Crippen molar-refractivity contribution >= 4 is 23.7 Å². The Labute approximate surface area is 78.0 Å². The summed E-state index contributed by atoms with van der Waals surface area (Å²) < 4.78 is 0. The van der Waals surface area contributed by atoms with Gasteiger partial charge in [-0.25, -0.2) is 4.79 Å². The molecular formula is C7H8O7. The standard InChI is InChI=1S/C7H8O7/c8-4(7(13)14)1-3(6(11)12)2-5(9)10/h3H,1-2H2,(H,9,10)(H,11,12)(H,13,14). The van der Waals surface area contributed by atoms with Crippen LogP contribution in [0.25, 0.3) is 0 Å². The second kappa shape index (κ2) is 4.95. The summed E-state index contributed by atoms with van der Waals surface area (Å²) in [7, 11) is 0. The fraction of sp³-hybridized carbons (Fsp3) is 0.429. The smallest absolute Gasteiger partial charge is 0.372 e. The van der Waals surface area contributed by atoms with Crippen LogP contribution in [0.15, 0.2) is 0 Å². The van der Waals surface area contributed by atoms with Crippen molar-refractivity contribution in [1.82, 2.24) is 0 Å². The van der Waals surface area contributed by atoms with Gasteiger partial charge < -0.3 is 15.3 Å². The summed E-state index contributed by atoms with van der Waals surface area (Å²) in [5.74, 6) is -7.45. The topological polar surface area (TPSA) is 129 Å². The van der Waals surface area contributed by atoms with Crippen molar-refractivity contribution in [1.29, 1.82) is 0 Å². The highest BCUT2D eigenvalue weighted by molar-refractivity contribution is 6.33. The van der Waals surface area contributed by atoms with Gasteiger partial charge in [0.05, 0.1) is 12.3 Å². The van der Waals surface area contributed by atoms with E-state index in [-0.39, 0.29) is 0 Å². The quantitative estimate of drug-likeness (QED) is 0.483. The number of hydrogen-bond donors (Lipinski definition) is 3. The molecule has 1 atom stereocenters. The van der Waals surface area contributed by atoms with Crippen LogP contribution in [0.1, 0.15) is 12.8 Å². The van der Waals surface area contributed by atoms with E-state index in [2.05, 4.69) is 0 Å². The number of carboxylic acids is 3. The number of rotatable bonds is 6. The Balaban J connectivity index is 4.38. The lowest BCUT2D eigenvalue weighted by Gasteiger charge is -2.06. The number of ketones is 1. The van der Waals surface area contributed by atoms with Gasteiger partial charge in [-0.2, -0.15) is 0 Å². The van der Waals surface area contributed by atoms with Crippen molar-refractivity contribution in [3.05, 3.63) is 0 Å². The van der Waals surface area contributed by atoms with Crippen molar-refractivity contribution in [3.63, 3.8) is 0 Å². The molecule has 7 nitrogen and oxygen atoms in total. The van der Waals surface area contributed by atoms with Crippen molar-refractivity contribution in [3.8, 4) is 0 Å². The second-order valence-electron chi connectivity index (χ2n) is 2.57. The third kappa shape index (κ3) is 4.19. The minimum Gasteiger partial charge on any atom is -0.481 e. The SMILES string of the molecule is O=C(O)CC(CC(=O)C(=O)O)C(=O)O. The zero-order chi connectivity index (χ0) is 11.3. The number of carbonyl (C=O) groups excluding carboxylic acids is 1. The lowest BCUT2D eigenvalue weighted by Crippen LogP contribution is -2.24. The second-order valence-corrected chi connectivity index (χ2v) is 2.57. The van der Waals surface area contributed by atoms with E-state index < -0.39 is 42.5 Å². The van der Waals surface area contributed by atoms with Gasteiger partial charge in [0.15, 0.2) is 0 Å². The van der Waals surface area contributed by atoms with E-state index in [9.17, 15) is 19.2 Å². The van der Waals surface area contributed by atoms with Gasteiger partial charge in [-0.05, 0) is 0 Å². The van der Waals surface area contributed by atoms with Crippen molar-refractivity contribution in [2.24, 2.45) is 5.92 Å². The molecule has 0 amide bonds. The molecule has 3 N–H and O–H groups in total. The van der Waals surface area contributed by atoms with Crippen LogP contribution in [-0.2, 0) is 19.2 Å². The molecule has 0 aromatic carbocycles. The van der Waals surface area contributed by atoms with Gasteiger partial charge in [-0.15, -0.1) is 0 Å². The molecular weight excluding hydrogens is 196 g/mol. The summed E-state index contributed by atoms with van der Waals surface area (Å²) in [6, 6.07) is 0. The molecule has 0 spiro atoms. The minimum atomic E-state index is -1.76. The Hall–Kier alpha value is -1.92. The number of aliphatic carboxylic acids is 3. The number of carboxylic acid groups (broad SMARTS) is 3. The van der Waals surface area contributed by atoms with Gasteiger partial charge in [-0.3, -0.25) is 14.4 Å². The highest BCUT2D eigenvalue weighted by Crippen LogP contribution is 2.09. The van der Waals surface area contributed by atoms with Crippen molar-refractivity contribution < 1.29 is 34.5 Å². The molecule has 0 aliphatic heterocycles. The zero-order valence-electron chi connectivity index (χ0n) is 6.97. The molecule has 0 radical (unpaired) electrons. The summed E-state index contributed by atoms with van der Waals surface area (Å²) in [5.41, 5.74) is 0. The molecule has 0 saturated heterocycles. The highest BCUT2D eigenvalue weighted by Gasteiger charge is 2.26. The van der Waals surface area contributed by atoms with Crippen LogP contribution in [0, 0.1) is 5.92 Å². The molecule has 78 valence electrons. The molecule has 0 aliphatic carbocycles. The Kier molecular flexibility index (Phi) is 4.27. The van der Waals surface area contributed by atoms with Gasteiger partial charge in [-0.1, -0.05) is 0 Å². The first-order chi connectivity index (χ1) is 6.34. The summed E-state index contributed by atoms with van der Waals surface area (Å²) in [4.78, 5) is 41.2. The molecule has 7 heteroatoms. The van der Waals surface area contributed by atoms with Crippen molar-refractivity contribution in [2.75, 3.05) is 0 Å². The monoisotopic (exact) mass is 204 g/mol. The van der Waals surface area contributed by atoms with Gasteiger partial charge in [0.2, 0.25) is 5.78 Å². The average molecular weight is 204 g/mol. The van der Waals surface area contributed by atoms with E-state index in [1.165, 1.54) is 0 Å². The van der Waals surface area contributed by atoms with E-state index in [1.54, 1.807) is 0 Å². The summed E-state index contributed by atoms with van der Waals surface area (Å²) in [5, 5.41) is 24.9. The van der Waals surface area contributed by atoms with E-state index in [0.717, 1.165) is 0 Å². The Morgan fingerprint density at radius 1 is 0.929 bits per heavy atom. The maximum Gasteiger partial charge on any atom is 0.372 e. The third-order valence-electron chi connectivity index (χ3n) is 1.44. The number of Topliss-reactive ketones (excluding diaryl/α,β-unsaturated/α-hetero) is 1. The predicted molar refractivity (Wildman–Crippen MR) is 40.6 cm³/mol. The molecule has 0 bridgehead atoms. The van der Waals surface area contributed by atoms with Crippen LogP contribution >= 0.6 is 0 Å². The largest absolute Gasteiger partial charge is 0.481 e. The van der Waals surface area contributed by atoms with Gasteiger partial charge in [0.25, 0.3) is 0 Å². The molecule has 0 saturated carbocycles.